The maximum Gasteiger partial charge on any atom is 0.253 e. The zero-order valence-electron chi connectivity index (χ0n) is 10.6. The second-order valence-corrected chi connectivity index (χ2v) is 4.83. The van der Waals surface area contributed by atoms with E-state index in [0.29, 0.717) is 11.3 Å². The molecule has 0 spiro atoms. The van der Waals surface area contributed by atoms with Gasteiger partial charge in [-0.3, -0.25) is 9.59 Å². The molecule has 0 saturated carbocycles. The van der Waals surface area contributed by atoms with Gasteiger partial charge in [-0.15, -0.1) is 0 Å². The van der Waals surface area contributed by atoms with Gasteiger partial charge in [0.2, 0.25) is 5.91 Å². The second kappa shape index (κ2) is 4.99. The van der Waals surface area contributed by atoms with Gasteiger partial charge in [0.25, 0.3) is 5.91 Å². The lowest BCUT2D eigenvalue weighted by Gasteiger charge is -2.19. The van der Waals surface area contributed by atoms with Gasteiger partial charge in [-0.2, -0.15) is 0 Å². The summed E-state index contributed by atoms with van der Waals surface area (Å²) in [7, 11) is 1.56. The predicted molar refractivity (Wildman–Crippen MR) is 67.9 cm³/mol. The molecule has 2 N–H and O–H groups in total. The Bertz CT molecular complexity index is 433. The van der Waals surface area contributed by atoms with Crippen molar-refractivity contribution in [2.45, 2.75) is 20.8 Å². The van der Waals surface area contributed by atoms with Gasteiger partial charge in [-0.05, 0) is 12.1 Å². The topological polar surface area (TPSA) is 58.2 Å². The van der Waals surface area contributed by atoms with Gasteiger partial charge in [0.15, 0.2) is 0 Å². The fraction of sp³-hybridized carbons (Fsp3) is 0.385. The SMILES string of the molecule is CNC(=O)c1ccccc1NC(=O)C(C)(C)C. The molecule has 0 saturated heterocycles. The van der Waals surface area contributed by atoms with Crippen LogP contribution >= 0.6 is 0 Å². The summed E-state index contributed by atoms with van der Waals surface area (Å²) < 4.78 is 0. The number of anilines is 1. The summed E-state index contributed by atoms with van der Waals surface area (Å²) in [5.74, 6) is -0.330. The monoisotopic (exact) mass is 234 g/mol. The number of benzene rings is 1. The lowest BCUT2D eigenvalue weighted by Crippen LogP contribution is -2.29. The van der Waals surface area contributed by atoms with Crippen LogP contribution in [0.1, 0.15) is 31.1 Å². The summed E-state index contributed by atoms with van der Waals surface area (Å²) in [6.45, 7) is 5.47. The molecule has 0 radical (unpaired) electrons. The van der Waals surface area contributed by atoms with Crippen molar-refractivity contribution in [3.8, 4) is 0 Å². The van der Waals surface area contributed by atoms with Gasteiger partial charge in [0.1, 0.15) is 0 Å². The summed E-state index contributed by atoms with van der Waals surface area (Å²) in [6, 6.07) is 6.94. The summed E-state index contributed by atoms with van der Waals surface area (Å²) in [6.07, 6.45) is 0. The van der Waals surface area contributed by atoms with Gasteiger partial charge in [-0.1, -0.05) is 32.9 Å². The third-order valence-electron chi connectivity index (χ3n) is 2.33. The molecule has 0 aromatic heterocycles. The van der Waals surface area contributed by atoms with Crippen molar-refractivity contribution in [1.29, 1.82) is 0 Å². The van der Waals surface area contributed by atoms with Crippen LogP contribution in [0.25, 0.3) is 0 Å². The van der Waals surface area contributed by atoms with E-state index in [1.54, 1.807) is 31.3 Å². The Morgan fingerprint density at radius 3 is 2.24 bits per heavy atom. The molecule has 0 aliphatic carbocycles. The van der Waals surface area contributed by atoms with Crippen molar-refractivity contribution in [3.63, 3.8) is 0 Å². The molecule has 1 aromatic carbocycles. The molecule has 4 heteroatoms. The van der Waals surface area contributed by atoms with Crippen LogP contribution < -0.4 is 10.6 Å². The van der Waals surface area contributed by atoms with E-state index < -0.39 is 5.41 Å². The Balaban J connectivity index is 2.99. The number of carbonyl (C=O) groups excluding carboxylic acids is 2. The highest BCUT2D eigenvalue weighted by atomic mass is 16.2. The van der Waals surface area contributed by atoms with Gasteiger partial charge in [0.05, 0.1) is 11.3 Å². The van der Waals surface area contributed by atoms with Crippen LogP contribution in [-0.4, -0.2) is 18.9 Å². The first-order valence-electron chi connectivity index (χ1n) is 5.49. The normalized spacial score (nSPS) is 10.8. The molecule has 2 amide bonds. The average molecular weight is 234 g/mol. The summed E-state index contributed by atoms with van der Waals surface area (Å²) >= 11 is 0. The Labute approximate surface area is 101 Å². The average Bonchev–Trinajstić information content (AvgIpc) is 2.27. The van der Waals surface area contributed by atoms with E-state index in [-0.39, 0.29) is 11.8 Å². The molecule has 4 nitrogen and oxygen atoms in total. The van der Waals surface area contributed by atoms with Gasteiger partial charge in [-0.25, -0.2) is 0 Å². The fourth-order valence-corrected chi connectivity index (χ4v) is 1.23. The number of para-hydroxylation sites is 1. The Kier molecular flexibility index (Phi) is 3.89. The predicted octanol–water partition coefficient (Wildman–Crippen LogP) is 2.03. The Morgan fingerprint density at radius 2 is 1.71 bits per heavy atom. The van der Waals surface area contributed by atoms with E-state index in [2.05, 4.69) is 10.6 Å². The number of hydrogen-bond donors (Lipinski definition) is 2. The Hall–Kier alpha value is -1.84. The largest absolute Gasteiger partial charge is 0.355 e. The maximum atomic E-state index is 11.9. The first-order chi connectivity index (χ1) is 7.86. The number of nitrogens with one attached hydrogen (secondary N) is 2. The van der Waals surface area contributed by atoms with Crippen LogP contribution in [0.15, 0.2) is 24.3 Å². The highest BCUT2D eigenvalue weighted by Gasteiger charge is 2.22. The zero-order chi connectivity index (χ0) is 13.1. The molecule has 0 aliphatic heterocycles. The molecule has 0 fully saturated rings. The van der Waals surface area contributed by atoms with Crippen LogP contribution in [0.5, 0.6) is 0 Å². The summed E-state index contributed by atoms with van der Waals surface area (Å²) in [4.78, 5) is 23.5. The number of amides is 2. The standard InChI is InChI=1S/C13H18N2O2/c1-13(2,3)12(17)15-10-8-6-5-7-9(10)11(16)14-4/h5-8H,1-4H3,(H,14,16)(H,15,17). The minimum absolute atomic E-state index is 0.117. The van der Waals surface area contributed by atoms with E-state index in [1.807, 2.05) is 20.8 Å². The lowest BCUT2D eigenvalue weighted by molar-refractivity contribution is -0.123. The zero-order valence-corrected chi connectivity index (χ0v) is 10.6. The van der Waals surface area contributed by atoms with Crippen LogP contribution in [0.3, 0.4) is 0 Å². The van der Waals surface area contributed by atoms with E-state index >= 15 is 0 Å². The number of hydrogen-bond acceptors (Lipinski definition) is 2. The van der Waals surface area contributed by atoms with Crippen molar-refractivity contribution in [1.82, 2.24) is 5.32 Å². The minimum Gasteiger partial charge on any atom is -0.355 e. The molecule has 0 bridgehead atoms. The quantitative estimate of drug-likeness (QED) is 0.822. The summed E-state index contributed by atoms with van der Waals surface area (Å²) in [5.41, 5.74) is 0.509. The molecule has 0 heterocycles. The molecule has 92 valence electrons. The molecule has 1 aromatic rings. The van der Waals surface area contributed by atoms with Crippen molar-refractivity contribution >= 4 is 17.5 Å². The van der Waals surface area contributed by atoms with E-state index in [0.717, 1.165) is 0 Å². The Morgan fingerprint density at radius 1 is 1.12 bits per heavy atom. The van der Waals surface area contributed by atoms with Crippen molar-refractivity contribution in [2.75, 3.05) is 12.4 Å². The van der Waals surface area contributed by atoms with Gasteiger partial charge >= 0.3 is 0 Å². The van der Waals surface area contributed by atoms with Crippen LogP contribution in [0, 0.1) is 5.41 Å². The number of carbonyl (C=O) groups is 2. The van der Waals surface area contributed by atoms with Crippen LogP contribution in [0.4, 0.5) is 5.69 Å². The molecular weight excluding hydrogens is 216 g/mol. The van der Waals surface area contributed by atoms with Crippen LogP contribution in [-0.2, 0) is 4.79 Å². The molecule has 0 aliphatic rings. The first kappa shape index (κ1) is 13.2. The number of rotatable bonds is 2. The molecule has 17 heavy (non-hydrogen) atoms. The molecule has 1 rings (SSSR count). The molecule has 0 atom stereocenters. The van der Waals surface area contributed by atoms with Crippen LogP contribution in [0.2, 0.25) is 0 Å². The highest BCUT2D eigenvalue weighted by molar-refractivity contribution is 6.04. The van der Waals surface area contributed by atoms with Gasteiger partial charge in [0, 0.05) is 12.5 Å². The van der Waals surface area contributed by atoms with Crippen molar-refractivity contribution in [2.24, 2.45) is 5.41 Å². The smallest absolute Gasteiger partial charge is 0.253 e. The van der Waals surface area contributed by atoms with E-state index in [1.165, 1.54) is 0 Å². The second-order valence-electron chi connectivity index (χ2n) is 4.83. The fourth-order valence-electron chi connectivity index (χ4n) is 1.23. The lowest BCUT2D eigenvalue weighted by atomic mass is 9.95. The van der Waals surface area contributed by atoms with E-state index in [4.69, 9.17) is 0 Å². The molecular formula is C13H18N2O2. The maximum absolute atomic E-state index is 11.9. The van der Waals surface area contributed by atoms with Crippen molar-refractivity contribution in [3.05, 3.63) is 29.8 Å². The third kappa shape index (κ3) is 3.31. The third-order valence-corrected chi connectivity index (χ3v) is 2.33. The van der Waals surface area contributed by atoms with E-state index in [9.17, 15) is 9.59 Å². The van der Waals surface area contributed by atoms with Gasteiger partial charge < -0.3 is 10.6 Å². The highest BCUT2D eigenvalue weighted by Crippen LogP contribution is 2.20. The summed E-state index contributed by atoms with van der Waals surface area (Å²) in [5, 5.41) is 5.31. The molecule has 0 unspecified atom stereocenters. The first-order valence-corrected chi connectivity index (χ1v) is 5.49. The minimum atomic E-state index is -0.490. The van der Waals surface area contributed by atoms with Crippen molar-refractivity contribution < 1.29 is 9.59 Å².